The van der Waals surface area contributed by atoms with E-state index in [2.05, 4.69) is 10.1 Å². The fourth-order valence-electron chi connectivity index (χ4n) is 0.966. The number of carboxylic acid groups (broad SMARTS) is 1. The molecule has 1 atom stereocenters. The average Bonchev–Trinajstić information content (AvgIpc) is 2.16. The largest absolute Gasteiger partial charge is 0.480 e. The molecule has 0 aliphatic heterocycles. The maximum absolute atomic E-state index is 10.9. The molecule has 0 saturated carbocycles. The van der Waals surface area contributed by atoms with E-state index < -0.39 is 12.0 Å². The minimum atomic E-state index is -0.999. The van der Waals surface area contributed by atoms with Crippen LogP contribution in [0, 0.1) is 0 Å². The van der Waals surface area contributed by atoms with E-state index in [1.807, 2.05) is 0 Å². The molecule has 0 aromatic heterocycles. The van der Waals surface area contributed by atoms with Crippen molar-refractivity contribution in [2.24, 2.45) is 0 Å². The van der Waals surface area contributed by atoms with Crippen LogP contribution in [0.2, 0.25) is 0 Å². The summed E-state index contributed by atoms with van der Waals surface area (Å²) in [7, 11) is 1.42. The van der Waals surface area contributed by atoms with E-state index in [0.29, 0.717) is 6.61 Å². The minimum Gasteiger partial charge on any atom is -0.480 e. The third-order valence-corrected chi connectivity index (χ3v) is 1.66. The maximum atomic E-state index is 10.9. The third-order valence-electron chi connectivity index (χ3n) is 1.66. The first-order valence-corrected chi connectivity index (χ1v) is 4.72. The number of hydrogen-bond acceptors (Lipinski definition) is 5. The number of aliphatic carboxylic acids is 1. The van der Waals surface area contributed by atoms with Gasteiger partial charge in [0.15, 0.2) is 0 Å². The molecule has 6 nitrogen and oxygen atoms in total. The summed E-state index contributed by atoms with van der Waals surface area (Å²) < 4.78 is 9.40. The second-order valence-corrected chi connectivity index (χ2v) is 2.86. The second kappa shape index (κ2) is 8.19. The van der Waals surface area contributed by atoms with Crippen LogP contribution in [0.4, 0.5) is 0 Å². The molecular formula is C9H17NO5. The van der Waals surface area contributed by atoms with E-state index in [0.717, 1.165) is 0 Å². The summed E-state index contributed by atoms with van der Waals surface area (Å²) >= 11 is 0. The van der Waals surface area contributed by atoms with Crippen molar-refractivity contribution in [3.63, 3.8) is 0 Å². The van der Waals surface area contributed by atoms with Crippen LogP contribution < -0.4 is 5.32 Å². The maximum Gasteiger partial charge on any atom is 0.323 e. The van der Waals surface area contributed by atoms with Gasteiger partial charge in [0, 0.05) is 13.7 Å². The second-order valence-electron chi connectivity index (χ2n) is 2.86. The smallest absolute Gasteiger partial charge is 0.323 e. The predicted molar refractivity (Wildman–Crippen MR) is 52.6 cm³/mol. The summed E-state index contributed by atoms with van der Waals surface area (Å²) in [4.78, 5) is 21.5. The van der Waals surface area contributed by atoms with E-state index in [-0.39, 0.29) is 25.5 Å². The van der Waals surface area contributed by atoms with Crippen molar-refractivity contribution in [3.05, 3.63) is 0 Å². The molecule has 15 heavy (non-hydrogen) atoms. The first kappa shape index (κ1) is 13.9. The fourth-order valence-corrected chi connectivity index (χ4v) is 0.966. The summed E-state index contributed by atoms with van der Waals surface area (Å²) in [5, 5.41) is 11.4. The van der Waals surface area contributed by atoms with E-state index in [1.54, 1.807) is 6.92 Å². The Bertz CT molecular complexity index is 207. The molecule has 0 radical (unpaired) electrons. The lowest BCUT2D eigenvalue weighted by Crippen LogP contribution is -2.41. The quantitative estimate of drug-likeness (QED) is 0.542. The van der Waals surface area contributed by atoms with Gasteiger partial charge in [-0.05, 0) is 6.92 Å². The lowest BCUT2D eigenvalue weighted by atomic mass is 10.3. The predicted octanol–water partition coefficient (Wildman–Crippen LogP) is -0.371. The molecule has 0 heterocycles. The van der Waals surface area contributed by atoms with Gasteiger partial charge in [0.05, 0.1) is 19.6 Å². The van der Waals surface area contributed by atoms with Crippen molar-refractivity contribution >= 4 is 11.9 Å². The molecule has 0 bridgehead atoms. The van der Waals surface area contributed by atoms with Gasteiger partial charge in [-0.25, -0.2) is 0 Å². The topological polar surface area (TPSA) is 84.9 Å². The summed E-state index contributed by atoms with van der Waals surface area (Å²) in [5.41, 5.74) is 0. The molecule has 0 rings (SSSR count). The van der Waals surface area contributed by atoms with Crippen LogP contribution in [-0.4, -0.2) is 50.0 Å². The molecule has 0 spiro atoms. The Balaban J connectivity index is 3.70. The Morgan fingerprint density at radius 3 is 2.60 bits per heavy atom. The van der Waals surface area contributed by atoms with Crippen molar-refractivity contribution in [1.82, 2.24) is 5.32 Å². The molecule has 0 aliphatic rings. The molecular weight excluding hydrogens is 202 g/mol. The van der Waals surface area contributed by atoms with Gasteiger partial charge in [-0.1, -0.05) is 0 Å². The monoisotopic (exact) mass is 219 g/mol. The molecule has 0 aromatic rings. The fraction of sp³-hybridized carbons (Fsp3) is 0.778. The number of nitrogens with one attached hydrogen (secondary N) is 1. The SMILES string of the molecule is CCOC(=O)CCNC(COC)C(=O)O. The van der Waals surface area contributed by atoms with Crippen molar-refractivity contribution < 1.29 is 24.2 Å². The normalized spacial score (nSPS) is 12.1. The number of ether oxygens (including phenoxy) is 2. The lowest BCUT2D eigenvalue weighted by molar-refractivity contribution is -0.144. The van der Waals surface area contributed by atoms with Crippen molar-refractivity contribution in [3.8, 4) is 0 Å². The molecule has 6 heteroatoms. The van der Waals surface area contributed by atoms with E-state index >= 15 is 0 Å². The van der Waals surface area contributed by atoms with Crippen LogP contribution >= 0.6 is 0 Å². The Labute approximate surface area is 88.6 Å². The summed E-state index contributed by atoms with van der Waals surface area (Å²) in [6.45, 7) is 2.38. The van der Waals surface area contributed by atoms with E-state index in [1.165, 1.54) is 7.11 Å². The molecule has 2 N–H and O–H groups in total. The average molecular weight is 219 g/mol. The van der Waals surface area contributed by atoms with Gasteiger partial charge >= 0.3 is 11.9 Å². The summed E-state index contributed by atoms with van der Waals surface area (Å²) in [6, 6.07) is -0.788. The minimum absolute atomic E-state index is 0.0676. The van der Waals surface area contributed by atoms with Crippen LogP contribution in [0.3, 0.4) is 0 Å². The molecule has 1 unspecified atom stereocenters. The number of rotatable bonds is 8. The molecule has 0 fully saturated rings. The van der Waals surface area contributed by atoms with Crippen molar-refractivity contribution in [1.29, 1.82) is 0 Å². The van der Waals surface area contributed by atoms with Crippen LogP contribution in [0.1, 0.15) is 13.3 Å². The van der Waals surface area contributed by atoms with Gasteiger partial charge in [0.1, 0.15) is 6.04 Å². The number of methoxy groups -OCH3 is 1. The van der Waals surface area contributed by atoms with Crippen molar-refractivity contribution in [2.45, 2.75) is 19.4 Å². The Morgan fingerprint density at radius 1 is 1.47 bits per heavy atom. The number of carboxylic acids is 1. The number of hydrogen-bond donors (Lipinski definition) is 2. The Morgan fingerprint density at radius 2 is 2.13 bits per heavy atom. The summed E-state index contributed by atoms with van der Waals surface area (Å²) in [6.07, 6.45) is 0.154. The highest BCUT2D eigenvalue weighted by Crippen LogP contribution is 1.89. The lowest BCUT2D eigenvalue weighted by Gasteiger charge is -2.12. The summed E-state index contributed by atoms with van der Waals surface area (Å²) in [5.74, 6) is -1.34. The molecule has 0 aromatic carbocycles. The van der Waals surface area contributed by atoms with E-state index in [9.17, 15) is 9.59 Å². The molecule has 0 saturated heterocycles. The first-order chi connectivity index (χ1) is 7.11. The van der Waals surface area contributed by atoms with Crippen LogP contribution in [0.5, 0.6) is 0 Å². The highest BCUT2D eigenvalue weighted by molar-refractivity contribution is 5.74. The van der Waals surface area contributed by atoms with Gasteiger partial charge in [-0.3, -0.25) is 9.59 Å². The molecule has 0 aliphatic carbocycles. The van der Waals surface area contributed by atoms with Gasteiger partial charge in [-0.2, -0.15) is 0 Å². The van der Waals surface area contributed by atoms with Gasteiger partial charge in [-0.15, -0.1) is 0 Å². The van der Waals surface area contributed by atoms with Crippen LogP contribution in [0.25, 0.3) is 0 Å². The Hall–Kier alpha value is -1.14. The first-order valence-electron chi connectivity index (χ1n) is 4.72. The Kier molecular flexibility index (Phi) is 7.57. The number of esters is 1. The van der Waals surface area contributed by atoms with E-state index in [4.69, 9.17) is 9.84 Å². The highest BCUT2D eigenvalue weighted by Gasteiger charge is 2.16. The highest BCUT2D eigenvalue weighted by atomic mass is 16.5. The number of carbonyl (C=O) groups is 2. The zero-order chi connectivity index (χ0) is 11.7. The van der Waals surface area contributed by atoms with Crippen LogP contribution in [-0.2, 0) is 19.1 Å². The van der Waals surface area contributed by atoms with Crippen LogP contribution in [0.15, 0.2) is 0 Å². The zero-order valence-electron chi connectivity index (χ0n) is 8.99. The van der Waals surface area contributed by atoms with Crippen molar-refractivity contribution in [2.75, 3.05) is 26.9 Å². The molecule has 0 amide bonds. The standard InChI is InChI=1S/C9H17NO5/c1-3-15-8(11)4-5-10-7(6-14-2)9(12)13/h7,10H,3-6H2,1-2H3,(H,12,13). The van der Waals surface area contributed by atoms with Gasteiger partial charge in [0.2, 0.25) is 0 Å². The third kappa shape index (κ3) is 6.87. The zero-order valence-corrected chi connectivity index (χ0v) is 8.99. The molecule has 88 valence electrons. The van der Waals surface area contributed by atoms with Gasteiger partial charge in [0.25, 0.3) is 0 Å². The number of carbonyl (C=O) groups excluding carboxylic acids is 1. The van der Waals surface area contributed by atoms with Gasteiger partial charge < -0.3 is 19.9 Å².